The number of pyridine rings is 1. The molecule has 17 heteroatoms. The number of nitrogens with zero attached hydrogens (tertiary/aromatic N) is 2. The van der Waals surface area contributed by atoms with E-state index in [1.807, 2.05) is 36.4 Å². The molecule has 3 aromatic carbocycles. The summed E-state index contributed by atoms with van der Waals surface area (Å²) >= 11 is 0. The molecule has 4 N–H and O–H groups in total. The van der Waals surface area contributed by atoms with Crippen LogP contribution in [0.3, 0.4) is 0 Å². The number of amides is 5. The van der Waals surface area contributed by atoms with Gasteiger partial charge in [-0.05, 0) is 76.1 Å². The number of benzene rings is 3. The van der Waals surface area contributed by atoms with Crippen molar-refractivity contribution < 1.29 is 46.6 Å². The number of anilines is 1. The van der Waals surface area contributed by atoms with E-state index in [1.165, 1.54) is 4.90 Å². The first-order valence-corrected chi connectivity index (χ1v) is 22.4. The maximum atomic E-state index is 14.7. The van der Waals surface area contributed by atoms with Crippen molar-refractivity contribution in [2.75, 3.05) is 19.0 Å². The van der Waals surface area contributed by atoms with Gasteiger partial charge >= 0.3 is 6.09 Å². The van der Waals surface area contributed by atoms with E-state index >= 15 is 0 Å². The van der Waals surface area contributed by atoms with E-state index in [0.717, 1.165) is 5.56 Å². The third-order valence-corrected chi connectivity index (χ3v) is 13.5. The van der Waals surface area contributed by atoms with Crippen LogP contribution < -0.4 is 30.1 Å². The molecule has 1 aromatic heterocycles. The van der Waals surface area contributed by atoms with Crippen LogP contribution in [0.15, 0.2) is 84.9 Å². The van der Waals surface area contributed by atoms with E-state index in [-0.39, 0.29) is 38.6 Å². The second-order valence-electron chi connectivity index (χ2n) is 18.5. The molecule has 334 valence electrons. The summed E-state index contributed by atoms with van der Waals surface area (Å²) in [5, 5.41) is 8.75. The Balaban J connectivity index is 1.16. The molecule has 2 aliphatic carbocycles. The fourth-order valence-electron chi connectivity index (χ4n) is 7.62. The van der Waals surface area contributed by atoms with Crippen LogP contribution in [0.2, 0.25) is 0 Å². The number of methoxy groups -OCH3 is 1. The van der Waals surface area contributed by atoms with E-state index in [4.69, 9.17) is 19.2 Å². The molecule has 0 spiro atoms. The minimum absolute atomic E-state index is 0.00754. The lowest BCUT2D eigenvalue weighted by Gasteiger charge is -2.36. The van der Waals surface area contributed by atoms with Crippen LogP contribution >= 0.6 is 0 Å². The molecule has 1 aliphatic heterocycles. The van der Waals surface area contributed by atoms with E-state index in [1.54, 1.807) is 97.2 Å². The topological polar surface area (TPSA) is 211 Å². The van der Waals surface area contributed by atoms with Crippen molar-refractivity contribution in [3.8, 4) is 22.8 Å². The summed E-state index contributed by atoms with van der Waals surface area (Å²) in [5.41, 5.74) is -0.914. The number of nitrogens with one attached hydrogen (secondary N) is 4. The summed E-state index contributed by atoms with van der Waals surface area (Å²) in [7, 11) is -2.99. The van der Waals surface area contributed by atoms with Crippen molar-refractivity contribution >= 4 is 56.3 Å². The lowest BCUT2D eigenvalue weighted by Crippen LogP contribution is -2.60. The quantitative estimate of drug-likeness (QED) is 0.132. The van der Waals surface area contributed by atoms with Gasteiger partial charge in [0, 0.05) is 35.2 Å². The Hall–Kier alpha value is -6.23. The Morgan fingerprint density at radius 3 is 2.08 bits per heavy atom. The zero-order chi connectivity index (χ0) is 45.5. The molecule has 2 heterocycles. The average molecular weight is 883 g/mol. The Bertz CT molecular complexity index is 2530. The molecule has 2 saturated carbocycles. The van der Waals surface area contributed by atoms with Crippen molar-refractivity contribution in [1.82, 2.24) is 25.2 Å². The molecular formula is C46H54N6O10S. The van der Waals surface area contributed by atoms with Gasteiger partial charge in [0.1, 0.15) is 40.8 Å². The highest BCUT2D eigenvalue weighted by Crippen LogP contribution is 2.45. The Kier molecular flexibility index (Phi) is 12.0. The smallest absolute Gasteiger partial charge is 0.408 e. The van der Waals surface area contributed by atoms with Crippen molar-refractivity contribution in [3.05, 3.63) is 84.9 Å². The summed E-state index contributed by atoms with van der Waals surface area (Å²) in [4.78, 5) is 75.7. The third-order valence-electron chi connectivity index (χ3n) is 11.4. The molecule has 1 saturated heterocycles. The van der Waals surface area contributed by atoms with Gasteiger partial charge in [-0.25, -0.2) is 18.2 Å². The molecule has 3 atom stereocenters. The minimum Gasteiger partial charge on any atom is -0.497 e. The summed E-state index contributed by atoms with van der Waals surface area (Å²) < 4.78 is 45.3. The number of alkyl carbamates (subject to hydrolysis) is 1. The van der Waals surface area contributed by atoms with Crippen LogP contribution in [-0.4, -0.2) is 95.8 Å². The predicted molar refractivity (Wildman–Crippen MR) is 235 cm³/mol. The van der Waals surface area contributed by atoms with Gasteiger partial charge < -0.3 is 35.1 Å². The number of para-hydroxylation sites is 1. The second-order valence-corrected chi connectivity index (χ2v) is 20.5. The van der Waals surface area contributed by atoms with Gasteiger partial charge in [-0.1, -0.05) is 69.3 Å². The van der Waals surface area contributed by atoms with Crippen LogP contribution in [0.1, 0.15) is 73.6 Å². The number of ether oxygens (including phenoxy) is 3. The summed E-state index contributed by atoms with van der Waals surface area (Å²) in [6, 6.07) is 22.7. The van der Waals surface area contributed by atoms with Crippen LogP contribution in [0.5, 0.6) is 11.5 Å². The van der Waals surface area contributed by atoms with Crippen molar-refractivity contribution in [3.63, 3.8) is 0 Å². The van der Waals surface area contributed by atoms with Gasteiger partial charge in [-0.15, -0.1) is 0 Å². The fraction of sp³-hybridized carbons (Fsp3) is 0.435. The number of carbonyl (C=O) groups is 5. The number of rotatable bonds is 13. The number of hydrogen-bond donors (Lipinski definition) is 4. The highest BCUT2D eigenvalue weighted by atomic mass is 32.2. The second kappa shape index (κ2) is 16.8. The predicted octanol–water partition coefficient (Wildman–Crippen LogP) is 5.46. The fourth-order valence-corrected chi connectivity index (χ4v) is 9.19. The average Bonchev–Trinajstić information content (AvgIpc) is 4.16. The first-order chi connectivity index (χ1) is 29.6. The van der Waals surface area contributed by atoms with Crippen molar-refractivity contribution in [2.24, 2.45) is 5.41 Å². The van der Waals surface area contributed by atoms with E-state index < -0.39 is 79.2 Å². The molecule has 4 aromatic rings. The minimum atomic E-state index is -4.54. The van der Waals surface area contributed by atoms with E-state index in [9.17, 15) is 32.4 Å². The lowest BCUT2D eigenvalue weighted by molar-refractivity contribution is -0.143. The number of carbonyl (C=O) groups excluding carboxylic acids is 5. The number of sulfonamides is 1. The van der Waals surface area contributed by atoms with Crippen LogP contribution in [0.4, 0.5) is 10.5 Å². The van der Waals surface area contributed by atoms with Gasteiger partial charge in [-0.2, -0.15) is 0 Å². The van der Waals surface area contributed by atoms with Gasteiger partial charge in [0.05, 0.1) is 24.9 Å². The summed E-state index contributed by atoms with van der Waals surface area (Å²) in [6.45, 7) is 10.3. The van der Waals surface area contributed by atoms with E-state index in [2.05, 4.69) is 20.7 Å². The molecule has 7 rings (SSSR count). The highest BCUT2D eigenvalue weighted by Gasteiger charge is 2.63. The number of hydrogen-bond acceptors (Lipinski definition) is 11. The maximum absolute atomic E-state index is 14.7. The van der Waals surface area contributed by atoms with Gasteiger partial charge in [0.15, 0.2) is 4.75 Å². The third kappa shape index (κ3) is 9.72. The monoisotopic (exact) mass is 882 g/mol. The molecule has 5 amide bonds. The van der Waals surface area contributed by atoms with Crippen molar-refractivity contribution in [1.29, 1.82) is 0 Å². The molecule has 0 radical (unpaired) electrons. The number of likely N-dealkylation sites (tertiary alicyclic amines) is 1. The molecule has 0 bridgehead atoms. The maximum Gasteiger partial charge on any atom is 0.408 e. The SMILES string of the molecule is COc1ccc2c(O[C@@H]3C[C@@H](C(=O)NC4(C(=O)NS(=O)(=O)C5(C(=O)Nc6ccccc6)CC5)CC4)N(C(=O)[C@@H](NC(=O)OC(C)(C)C)C(C)(C)C)C3)cc(-c3ccccc3)nc2c1. The summed E-state index contributed by atoms with van der Waals surface area (Å²) in [6.07, 6.45) is -1.38. The number of fused-ring (bicyclic) bond motifs is 1. The van der Waals surface area contributed by atoms with Gasteiger partial charge in [-0.3, -0.25) is 23.9 Å². The molecule has 63 heavy (non-hydrogen) atoms. The zero-order valence-electron chi connectivity index (χ0n) is 36.4. The van der Waals surface area contributed by atoms with Crippen LogP contribution in [0.25, 0.3) is 22.2 Å². The lowest BCUT2D eigenvalue weighted by atomic mass is 9.85. The number of aromatic nitrogens is 1. The Morgan fingerprint density at radius 2 is 1.49 bits per heavy atom. The normalized spacial score (nSPS) is 19.3. The van der Waals surface area contributed by atoms with Crippen LogP contribution in [0, 0.1) is 5.41 Å². The molecular weight excluding hydrogens is 829 g/mol. The standard InChI is InChI=1S/C46H54N6O10S/c1-43(2,3)37(49-42(57)62-44(4,5)6)39(54)52-27-31(61-36-26-33(28-14-10-8-11-15-28)48-34-24-30(60-7)18-19-32(34)36)25-35(52)38(53)50-45(20-21-45)40(55)51-63(58,59)46(22-23-46)41(56)47-29-16-12-9-13-17-29/h8-19,24,26,31,35,37H,20-23,25,27H2,1-7H3,(H,47,56)(H,49,57)(H,50,53)(H,51,55)/t31-,35+,37-/m1/s1. The van der Waals surface area contributed by atoms with Gasteiger partial charge in [0.2, 0.25) is 27.7 Å². The summed E-state index contributed by atoms with van der Waals surface area (Å²) in [5.74, 6) is -2.04. The molecule has 3 aliphatic rings. The zero-order valence-corrected chi connectivity index (χ0v) is 37.3. The van der Waals surface area contributed by atoms with Gasteiger partial charge in [0.25, 0.3) is 5.91 Å². The molecule has 16 nitrogen and oxygen atoms in total. The molecule has 0 unspecified atom stereocenters. The Morgan fingerprint density at radius 1 is 0.841 bits per heavy atom. The first-order valence-electron chi connectivity index (χ1n) is 20.9. The molecule has 3 fully saturated rings. The first kappa shape index (κ1) is 44.8. The van der Waals surface area contributed by atoms with Crippen LogP contribution in [-0.2, 0) is 33.9 Å². The largest absolute Gasteiger partial charge is 0.497 e. The highest BCUT2D eigenvalue weighted by molar-refractivity contribution is 7.92. The van der Waals surface area contributed by atoms with E-state index in [0.29, 0.717) is 33.8 Å². The Labute approximate surface area is 366 Å². The van der Waals surface area contributed by atoms with Crippen molar-refractivity contribution in [2.45, 2.75) is 108 Å².